The summed E-state index contributed by atoms with van der Waals surface area (Å²) in [5.74, 6) is 0. The molecular weight excluding hydrogens is 258 g/mol. The van der Waals surface area contributed by atoms with Gasteiger partial charge < -0.3 is 5.73 Å². The van der Waals surface area contributed by atoms with Crippen molar-refractivity contribution < 1.29 is 8.78 Å². The molecule has 20 heavy (non-hydrogen) atoms. The number of nitrogens with two attached hydrogens (primary N) is 1. The van der Waals surface area contributed by atoms with E-state index in [1.807, 2.05) is 12.1 Å². The van der Waals surface area contributed by atoms with Gasteiger partial charge in [-0.3, -0.25) is 4.90 Å². The molecule has 0 saturated heterocycles. The Morgan fingerprint density at radius 2 is 1.75 bits per heavy atom. The molecule has 0 amide bonds. The van der Waals surface area contributed by atoms with E-state index >= 15 is 0 Å². The van der Waals surface area contributed by atoms with Gasteiger partial charge >= 0.3 is 0 Å². The molecule has 0 aliphatic heterocycles. The summed E-state index contributed by atoms with van der Waals surface area (Å²) in [5.41, 5.74) is 7.15. The standard InChI is InChI=1S/C16H24F2N2/c1-2-20(15-9-7-14(19)8-10-15)11-12-3-5-13(6-4-12)16(17)18/h3-6,14-16H,2,7-11,19H2,1H3. The van der Waals surface area contributed by atoms with Gasteiger partial charge in [0, 0.05) is 24.2 Å². The van der Waals surface area contributed by atoms with Crippen molar-refractivity contribution in [2.45, 2.75) is 57.7 Å². The van der Waals surface area contributed by atoms with E-state index in [0.717, 1.165) is 44.3 Å². The van der Waals surface area contributed by atoms with Gasteiger partial charge in [0.05, 0.1) is 0 Å². The van der Waals surface area contributed by atoms with E-state index in [1.165, 1.54) is 12.1 Å². The molecule has 0 unspecified atom stereocenters. The number of benzene rings is 1. The van der Waals surface area contributed by atoms with Crippen molar-refractivity contribution in [2.24, 2.45) is 5.73 Å². The molecule has 2 rings (SSSR count). The molecule has 1 aliphatic rings. The van der Waals surface area contributed by atoms with Gasteiger partial charge in [-0.2, -0.15) is 0 Å². The summed E-state index contributed by atoms with van der Waals surface area (Å²) in [6, 6.07) is 7.64. The van der Waals surface area contributed by atoms with Crippen LogP contribution in [0, 0.1) is 0 Å². The number of halogens is 2. The number of alkyl halides is 2. The predicted octanol–water partition coefficient (Wildman–Crippen LogP) is 3.72. The lowest BCUT2D eigenvalue weighted by Gasteiger charge is -2.35. The molecule has 1 fully saturated rings. The summed E-state index contributed by atoms with van der Waals surface area (Å²) in [4.78, 5) is 2.43. The number of hydrogen-bond donors (Lipinski definition) is 1. The first-order chi connectivity index (χ1) is 9.60. The molecule has 0 spiro atoms. The SMILES string of the molecule is CCN(Cc1ccc(C(F)F)cc1)C1CCC(N)CC1. The molecule has 0 heterocycles. The second-order valence-electron chi connectivity index (χ2n) is 5.67. The van der Waals surface area contributed by atoms with Crippen molar-refractivity contribution in [1.29, 1.82) is 0 Å². The fourth-order valence-electron chi connectivity index (χ4n) is 2.97. The van der Waals surface area contributed by atoms with Crippen LogP contribution in [-0.2, 0) is 6.54 Å². The first-order valence-electron chi connectivity index (χ1n) is 7.46. The molecule has 1 aromatic rings. The highest BCUT2D eigenvalue weighted by atomic mass is 19.3. The van der Waals surface area contributed by atoms with E-state index in [2.05, 4.69) is 11.8 Å². The highest BCUT2D eigenvalue weighted by Gasteiger charge is 2.23. The lowest BCUT2D eigenvalue weighted by Crippen LogP contribution is -2.40. The van der Waals surface area contributed by atoms with Gasteiger partial charge in [-0.15, -0.1) is 0 Å². The minimum atomic E-state index is -2.38. The van der Waals surface area contributed by atoms with E-state index in [4.69, 9.17) is 5.73 Å². The van der Waals surface area contributed by atoms with Crippen LogP contribution in [0.5, 0.6) is 0 Å². The number of rotatable bonds is 5. The number of hydrogen-bond acceptors (Lipinski definition) is 2. The second kappa shape index (κ2) is 7.14. The fourth-order valence-corrected chi connectivity index (χ4v) is 2.97. The molecule has 2 N–H and O–H groups in total. The quantitative estimate of drug-likeness (QED) is 0.892. The number of nitrogens with zero attached hydrogens (tertiary/aromatic N) is 1. The third kappa shape index (κ3) is 4.00. The van der Waals surface area contributed by atoms with Crippen LogP contribution in [0.2, 0.25) is 0 Å². The third-order valence-electron chi connectivity index (χ3n) is 4.28. The molecule has 1 aromatic carbocycles. The second-order valence-corrected chi connectivity index (χ2v) is 5.67. The Kier molecular flexibility index (Phi) is 5.49. The summed E-state index contributed by atoms with van der Waals surface area (Å²) in [5, 5.41) is 0. The van der Waals surface area contributed by atoms with Gasteiger partial charge in [0.1, 0.15) is 0 Å². The first kappa shape index (κ1) is 15.4. The van der Waals surface area contributed by atoms with Crippen molar-refractivity contribution in [3.8, 4) is 0 Å². The van der Waals surface area contributed by atoms with Crippen LogP contribution in [-0.4, -0.2) is 23.5 Å². The molecule has 0 bridgehead atoms. The van der Waals surface area contributed by atoms with Crippen LogP contribution in [0.1, 0.15) is 50.2 Å². The van der Waals surface area contributed by atoms with Gasteiger partial charge in [-0.25, -0.2) is 8.78 Å². The largest absolute Gasteiger partial charge is 0.328 e. The Morgan fingerprint density at radius 3 is 2.25 bits per heavy atom. The topological polar surface area (TPSA) is 29.3 Å². The maximum Gasteiger partial charge on any atom is 0.263 e. The molecule has 1 aliphatic carbocycles. The molecule has 0 atom stereocenters. The smallest absolute Gasteiger partial charge is 0.263 e. The van der Waals surface area contributed by atoms with Gasteiger partial charge in [0.15, 0.2) is 0 Å². The zero-order chi connectivity index (χ0) is 14.5. The molecule has 1 saturated carbocycles. The first-order valence-corrected chi connectivity index (χ1v) is 7.46. The minimum absolute atomic E-state index is 0.0976. The van der Waals surface area contributed by atoms with Crippen molar-refractivity contribution in [3.05, 3.63) is 35.4 Å². The van der Waals surface area contributed by atoms with Crippen LogP contribution < -0.4 is 5.73 Å². The van der Waals surface area contributed by atoms with Crippen LogP contribution in [0.3, 0.4) is 0 Å². The molecule has 4 heteroatoms. The fraction of sp³-hybridized carbons (Fsp3) is 0.625. The Morgan fingerprint density at radius 1 is 1.15 bits per heavy atom. The van der Waals surface area contributed by atoms with Gasteiger partial charge in [-0.05, 0) is 37.8 Å². The minimum Gasteiger partial charge on any atom is -0.328 e. The summed E-state index contributed by atoms with van der Waals surface area (Å²) in [7, 11) is 0. The Balaban J connectivity index is 1.95. The summed E-state index contributed by atoms with van der Waals surface area (Å²) >= 11 is 0. The van der Waals surface area contributed by atoms with E-state index in [1.54, 1.807) is 0 Å². The van der Waals surface area contributed by atoms with Crippen LogP contribution in [0.4, 0.5) is 8.78 Å². The monoisotopic (exact) mass is 282 g/mol. The van der Waals surface area contributed by atoms with Crippen molar-refractivity contribution >= 4 is 0 Å². The molecule has 0 aromatic heterocycles. The van der Waals surface area contributed by atoms with E-state index < -0.39 is 6.43 Å². The van der Waals surface area contributed by atoms with Crippen LogP contribution in [0.15, 0.2) is 24.3 Å². The van der Waals surface area contributed by atoms with Crippen molar-refractivity contribution in [3.63, 3.8) is 0 Å². The summed E-state index contributed by atoms with van der Waals surface area (Å²) in [6.45, 7) is 3.97. The highest BCUT2D eigenvalue weighted by Crippen LogP contribution is 2.24. The lowest BCUT2D eigenvalue weighted by atomic mass is 9.90. The zero-order valence-corrected chi connectivity index (χ0v) is 12.1. The van der Waals surface area contributed by atoms with Crippen LogP contribution >= 0.6 is 0 Å². The Bertz CT molecular complexity index is 397. The maximum atomic E-state index is 12.5. The zero-order valence-electron chi connectivity index (χ0n) is 12.1. The lowest BCUT2D eigenvalue weighted by molar-refractivity contribution is 0.148. The van der Waals surface area contributed by atoms with Gasteiger partial charge in [-0.1, -0.05) is 31.2 Å². The average Bonchev–Trinajstić information content (AvgIpc) is 2.46. The summed E-state index contributed by atoms with van der Waals surface area (Å²) in [6.07, 6.45) is 2.08. The van der Waals surface area contributed by atoms with Crippen LogP contribution in [0.25, 0.3) is 0 Å². The Hall–Kier alpha value is -1.00. The third-order valence-corrected chi connectivity index (χ3v) is 4.28. The summed E-state index contributed by atoms with van der Waals surface area (Å²) < 4.78 is 25.1. The highest BCUT2D eigenvalue weighted by molar-refractivity contribution is 5.23. The molecule has 2 nitrogen and oxygen atoms in total. The van der Waals surface area contributed by atoms with Crippen molar-refractivity contribution in [2.75, 3.05) is 6.54 Å². The van der Waals surface area contributed by atoms with E-state index in [-0.39, 0.29) is 5.56 Å². The Labute approximate surface area is 120 Å². The van der Waals surface area contributed by atoms with Crippen molar-refractivity contribution in [1.82, 2.24) is 4.90 Å². The average molecular weight is 282 g/mol. The molecule has 112 valence electrons. The molecule has 0 radical (unpaired) electrons. The van der Waals surface area contributed by atoms with Gasteiger partial charge in [0.25, 0.3) is 6.43 Å². The normalized spacial score (nSPS) is 23.5. The maximum absolute atomic E-state index is 12.5. The molecular formula is C16H24F2N2. The van der Waals surface area contributed by atoms with E-state index in [0.29, 0.717) is 12.1 Å². The van der Waals surface area contributed by atoms with E-state index in [9.17, 15) is 8.78 Å². The van der Waals surface area contributed by atoms with Gasteiger partial charge in [0.2, 0.25) is 0 Å². The predicted molar refractivity (Wildman–Crippen MR) is 77.7 cm³/mol.